The van der Waals surface area contributed by atoms with Crippen LogP contribution in [0.2, 0.25) is 0 Å². The Labute approximate surface area is 118 Å². The maximum Gasteiger partial charge on any atom is 0.311 e. The number of benzene rings is 1. The highest BCUT2D eigenvalue weighted by Gasteiger charge is 2.46. The number of carboxylic acid groups (broad SMARTS) is 1. The lowest BCUT2D eigenvalue weighted by Crippen LogP contribution is -2.49. The van der Waals surface area contributed by atoms with Crippen LogP contribution in [0.5, 0.6) is 0 Å². The van der Waals surface area contributed by atoms with Gasteiger partial charge in [-0.15, -0.1) is 0 Å². The average Bonchev–Trinajstić information content (AvgIpc) is 2.81. The van der Waals surface area contributed by atoms with E-state index in [1.807, 2.05) is 18.2 Å². The predicted molar refractivity (Wildman–Crippen MR) is 74.9 cm³/mol. The largest absolute Gasteiger partial charge is 0.481 e. The maximum absolute atomic E-state index is 12.2. The first-order chi connectivity index (χ1) is 9.45. The van der Waals surface area contributed by atoms with Crippen molar-refractivity contribution in [3.63, 3.8) is 0 Å². The quantitative estimate of drug-likeness (QED) is 0.776. The van der Waals surface area contributed by atoms with E-state index in [4.69, 9.17) is 5.73 Å². The summed E-state index contributed by atoms with van der Waals surface area (Å²) in [7, 11) is 0. The molecule has 0 aromatic heterocycles. The van der Waals surface area contributed by atoms with Gasteiger partial charge in [0.25, 0.3) is 0 Å². The van der Waals surface area contributed by atoms with E-state index in [0.717, 1.165) is 12.0 Å². The maximum atomic E-state index is 12.2. The third-order valence-electron chi connectivity index (χ3n) is 4.20. The zero-order valence-electron chi connectivity index (χ0n) is 11.5. The van der Waals surface area contributed by atoms with Crippen molar-refractivity contribution in [3.8, 4) is 0 Å². The molecule has 5 heteroatoms. The Balaban J connectivity index is 2.06. The smallest absolute Gasteiger partial charge is 0.311 e. The molecule has 0 saturated heterocycles. The molecule has 1 aliphatic rings. The van der Waals surface area contributed by atoms with Gasteiger partial charge in [-0.2, -0.15) is 0 Å². The van der Waals surface area contributed by atoms with E-state index in [2.05, 4.69) is 5.32 Å². The molecule has 0 radical (unpaired) electrons. The van der Waals surface area contributed by atoms with Gasteiger partial charge in [0.15, 0.2) is 0 Å². The molecular weight excluding hydrogens is 256 g/mol. The van der Waals surface area contributed by atoms with Crippen molar-refractivity contribution >= 4 is 11.9 Å². The van der Waals surface area contributed by atoms with E-state index in [1.165, 1.54) is 0 Å². The first-order valence-electron chi connectivity index (χ1n) is 6.79. The Morgan fingerprint density at radius 1 is 1.40 bits per heavy atom. The summed E-state index contributed by atoms with van der Waals surface area (Å²) in [4.78, 5) is 23.6. The van der Waals surface area contributed by atoms with Gasteiger partial charge in [-0.1, -0.05) is 36.8 Å². The topological polar surface area (TPSA) is 92.4 Å². The normalized spacial score (nSPS) is 27.0. The van der Waals surface area contributed by atoms with Crippen LogP contribution in [0.4, 0.5) is 0 Å². The lowest BCUT2D eigenvalue weighted by molar-refractivity contribution is -0.149. The van der Waals surface area contributed by atoms with Crippen LogP contribution in [0.3, 0.4) is 0 Å². The lowest BCUT2D eigenvalue weighted by atomic mass is 9.84. The van der Waals surface area contributed by atoms with Crippen LogP contribution in [-0.2, 0) is 9.59 Å². The SMILES string of the molecule is CC1(C(=O)O)CCCC1NC(=O)[C@H](N)c1ccccc1. The van der Waals surface area contributed by atoms with Crippen molar-refractivity contribution in [2.75, 3.05) is 0 Å². The Morgan fingerprint density at radius 2 is 2.05 bits per heavy atom. The minimum atomic E-state index is -0.897. The van der Waals surface area contributed by atoms with Gasteiger partial charge >= 0.3 is 5.97 Å². The minimum absolute atomic E-state index is 0.324. The van der Waals surface area contributed by atoms with Crippen LogP contribution >= 0.6 is 0 Å². The molecule has 2 unspecified atom stereocenters. The van der Waals surface area contributed by atoms with Crippen molar-refractivity contribution in [2.24, 2.45) is 11.1 Å². The summed E-state index contributed by atoms with van der Waals surface area (Å²) in [5, 5.41) is 12.1. The molecule has 4 N–H and O–H groups in total. The molecule has 0 spiro atoms. The fourth-order valence-electron chi connectivity index (χ4n) is 2.73. The Morgan fingerprint density at radius 3 is 2.65 bits per heavy atom. The van der Waals surface area contributed by atoms with Crippen LogP contribution in [-0.4, -0.2) is 23.0 Å². The second-order valence-electron chi connectivity index (χ2n) is 5.56. The fourth-order valence-corrected chi connectivity index (χ4v) is 2.73. The predicted octanol–water partition coefficient (Wildman–Crippen LogP) is 1.45. The summed E-state index contributed by atoms with van der Waals surface area (Å²) in [6.07, 6.45) is 2.05. The Hall–Kier alpha value is -1.88. The van der Waals surface area contributed by atoms with Crippen LogP contribution in [0.15, 0.2) is 30.3 Å². The van der Waals surface area contributed by atoms with Crippen LogP contribution in [0, 0.1) is 5.41 Å². The molecule has 108 valence electrons. The molecule has 0 aliphatic heterocycles. The summed E-state index contributed by atoms with van der Waals surface area (Å²) < 4.78 is 0. The molecule has 3 atom stereocenters. The van der Waals surface area contributed by atoms with Crippen LogP contribution in [0.25, 0.3) is 0 Å². The van der Waals surface area contributed by atoms with Gasteiger partial charge in [-0.05, 0) is 25.3 Å². The third-order valence-corrected chi connectivity index (χ3v) is 4.20. The Kier molecular flexibility index (Phi) is 4.09. The molecule has 20 heavy (non-hydrogen) atoms. The Bertz CT molecular complexity index is 503. The van der Waals surface area contributed by atoms with E-state index in [1.54, 1.807) is 19.1 Å². The zero-order chi connectivity index (χ0) is 14.8. The molecule has 1 fully saturated rings. The molecule has 1 amide bonds. The lowest BCUT2D eigenvalue weighted by Gasteiger charge is -2.28. The minimum Gasteiger partial charge on any atom is -0.481 e. The van der Waals surface area contributed by atoms with Crippen molar-refractivity contribution in [1.29, 1.82) is 0 Å². The van der Waals surface area contributed by atoms with E-state index in [0.29, 0.717) is 12.8 Å². The molecular formula is C15H20N2O3. The van der Waals surface area contributed by atoms with Gasteiger partial charge in [0, 0.05) is 6.04 Å². The van der Waals surface area contributed by atoms with Crippen LogP contribution < -0.4 is 11.1 Å². The first-order valence-corrected chi connectivity index (χ1v) is 6.79. The molecule has 1 aromatic rings. The van der Waals surface area contributed by atoms with Gasteiger partial charge in [0.05, 0.1) is 5.41 Å². The molecule has 5 nitrogen and oxygen atoms in total. The van der Waals surface area contributed by atoms with E-state index >= 15 is 0 Å². The first kappa shape index (κ1) is 14.5. The van der Waals surface area contributed by atoms with Crippen molar-refractivity contribution in [2.45, 2.75) is 38.3 Å². The standard InChI is InChI=1S/C15H20N2O3/c1-15(14(19)20)9-5-8-11(15)17-13(18)12(16)10-6-3-2-4-7-10/h2-4,6-7,11-12H,5,8-9,16H2,1H3,(H,17,18)(H,19,20)/t11?,12-,15?/m1/s1. The number of hydrogen-bond donors (Lipinski definition) is 3. The van der Waals surface area contributed by atoms with Crippen molar-refractivity contribution < 1.29 is 14.7 Å². The highest BCUT2D eigenvalue weighted by atomic mass is 16.4. The van der Waals surface area contributed by atoms with Gasteiger partial charge in [-0.3, -0.25) is 9.59 Å². The zero-order valence-corrected chi connectivity index (χ0v) is 11.5. The molecule has 2 rings (SSSR count). The number of rotatable bonds is 4. The van der Waals surface area contributed by atoms with E-state index in [-0.39, 0.29) is 11.9 Å². The van der Waals surface area contributed by atoms with Crippen molar-refractivity contribution in [1.82, 2.24) is 5.32 Å². The molecule has 1 saturated carbocycles. The summed E-state index contributed by atoms with van der Waals surface area (Å²) in [5.41, 5.74) is 5.75. The fraction of sp³-hybridized carbons (Fsp3) is 0.467. The van der Waals surface area contributed by atoms with Crippen molar-refractivity contribution in [3.05, 3.63) is 35.9 Å². The van der Waals surface area contributed by atoms with Crippen LogP contribution in [0.1, 0.15) is 37.8 Å². The highest BCUT2D eigenvalue weighted by Crippen LogP contribution is 2.38. The summed E-state index contributed by atoms with van der Waals surface area (Å²) in [5.74, 6) is -1.19. The molecule has 0 bridgehead atoms. The number of carbonyl (C=O) groups is 2. The van der Waals surface area contributed by atoms with Gasteiger partial charge < -0.3 is 16.2 Å². The van der Waals surface area contributed by atoms with Gasteiger partial charge in [0.1, 0.15) is 6.04 Å². The number of amides is 1. The summed E-state index contributed by atoms with van der Waals surface area (Å²) in [6, 6.07) is 7.94. The number of nitrogens with two attached hydrogens (primary N) is 1. The highest BCUT2D eigenvalue weighted by molar-refractivity contribution is 5.84. The number of nitrogens with one attached hydrogen (secondary N) is 1. The van der Waals surface area contributed by atoms with Gasteiger partial charge in [0.2, 0.25) is 5.91 Å². The number of aliphatic carboxylic acids is 1. The molecule has 1 aliphatic carbocycles. The average molecular weight is 276 g/mol. The summed E-state index contributed by atoms with van der Waals surface area (Å²) >= 11 is 0. The van der Waals surface area contributed by atoms with E-state index in [9.17, 15) is 14.7 Å². The molecule has 1 aromatic carbocycles. The van der Waals surface area contributed by atoms with Gasteiger partial charge in [-0.25, -0.2) is 0 Å². The molecule has 0 heterocycles. The van der Waals surface area contributed by atoms with E-state index < -0.39 is 17.4 Å². The third kappa shape index (κ3) is 2.67. The number of carboxylic acids is 1. The second kappa shape index (κ2) is 5.63. The summed E-state index contributed by atoms with van der Waals surface area (Å²) in [6.45, 7) is 1.68. The monoisotopic (exact) mass is 276 g/mol. The number of carbonyl (C=O) groups excluding carboxylic acids is 1. The number of hydrogen-bond acceptors (Lipinski definition) is 3. The second-order valence-corrected chi connectivity index (χ2v) is 5.56.